The Kier molecular flexibility index (Phi) is 7.86. The van der Waals surface area contributed by atoms with Gasteiger partial charge in [0.1, 0.15) is 12.2 Å². The number of hydrogen-bond donors (Lipinski definition) is 0. The number of rotatable bonds is 7. The second-order valence-corrected chi connectivity index (χ2v) is 9.52. The molecule has 40 heavy (non-hydrogen) atoms. The minimum absolute atomic E-state index is 0.146. The molecule has 5 rings (SSSR count). The number of barbiturate groups is 1. The predicted octanol–water partition coefficient (Wildman–Crippen LogP) is 7.16. The minimum atomic E-state index is -0.775. The van der Waals surface area contributed by atoms with Crippen molar-refractivity contribution in [3.63, 3.8) is 0 Å². The van der Waals surface area contributed by atoms with Gasteiger partial charge in [0.2, 0.25) is 0 Å². The lowest BCUT2D eigenvalue weighted by molar-refractivity contribution is -0.121. The van der Waals surface area contributed by atoms with Crippen molar-refractivity contribution < 1.29 is 23.9 Å². The molecule has 0 radical (unpaired) electrons. The summed E-state index contributed by atoms with van der Waals surface area (Å²) in [7, 11) is 1.45. The molecule has 1 fully saturated rings. The molecule has 4 aromatic rings. The average molecular weight is 573 g/mol. The maximum Gasteiger partial charge on any atom is 0.343 e. The fourth-order valence-electron chi connectivity index (χ4n) is 4.23. The van der Waals surface area contributed by atoms with Crippen molar-refractivity contribution in [1.82, 2.24) is 0 Å². The van der Waals surface area contributed by atoms with Crippen LogP contribution in [0.4, 0.5) is 16.2 Å². The Balaban J connectivity index is 1.55. The third-order valence-corrected chi connectivity index (χ3v) is 6.82. The highest BCUT2D eigenvalue weighted by Crippen LogP contribution is 2.38. The number of benzene rings is 4. The monoisotopic (exact) mass is 572 g/mol. The van der Waals surface area contributed by atoms with E-state index in [-0.39, 0.29) is 28.7 Å². The molecule has 0 saturated carbocycles. The number of imide groups is 2. The maximum atomic E-state index is 13.6. The summed E-state index contributed by atoms with van der Waals surface area (Å²) in [6, 6.07) is 26.5. The molecule has 4 aromatic carbocycles. The Labute approximate surface area is 240 Å². The standard InChI is InChI=1S/C31H22Cl2N2O5/c1-39-27-18-20(17-26(33)28(27)40-19-21-10-8-9-15-25(21)32)16-24-29(36)34(22-11-4-2-5-12-22)31(38)35(30(24)37)23-13-6-3-7-14-23/h2-18H,19H2,1H3. The molecule has 1 heterocycles. The van der Waals surface area contributed by atoms with E-state index in [9.17, 15) is 14.4 Å². The number of carbonyl (C=O) groups is 3. The molecule has 1 saturated heterocycles. The molecule has 0 spiro atoms. The van der Waals surface area contributed by atoms with Gasteiger partial charge in [-0.25, -0.2) is 14.6 Å². The number of methoxy groups -OCH3 is 1. The zero-order valence-electron chi connectivity index (χ0n) is 21.2. The highest BCUT2D eigenvalue weighted by atomic mass is 35.5. The van der Waals surface area contributed by atoms with Gasteiger partial charge in [0.15, 0.2) is 11.5 Å². The molecule has 0 atom stereocenters. The van der Waals surface area contributed by atoms with Crippen LogP contribution in [0.2, 0.25) is 10.0 Å². The summed E-state index contributed by atoms with van der Waals surface area (Å²) >= 11 is 12.8. The Hall–Kier alpha value is -4.59. The summed E-state index contributed by atoms with van der Waals surface area (Å²) in [6.45, 7) is 0.146. The molecule has 0 bridgehead atoms. The van der Waals surface area contributed by atoms with Crippen molar-refractivity contribution in [1.29, 1.82) is 0 Å². The summed E-state index contributed by atoms with van der Waals surface area (Å²) < 4.78 is 11.4. The zero-order chi connectivity index (χ0) is 28.2. The first kappa shape index (κ1) is 27.0. The Morgan fingerprint density at radius 2 is 1.27 bits per heavy atom. The number of carbonyl (C=O) groups excluding carboxylic acids is 3. The highest BCUT2D eigenvalue weighted by Gasteiger charge is 2.43. The number of halogens is 2. The molecule has 9 heteroatoms. The molecule has 1 aliphatic rings. The van der Waals surface area contributed by atoms with Crippen LogP contribution >= 0.6 is 23.2 Å². The van der Waals surface area contributed by atoms with Gasteiger partial charge in [-0.3, -0.25) is 9.59 Å². The van der Waals surface area contributed by atoms with Gasteiger partial charge in [0.05, 0.1) is 23.5 Å². The van der Waals surface area contributed by atoms with Crippen LogP contribution in [0.1, 0.15) is 11.1 Å². The van der Waals surface area contributed by atoms with E-state index < -0.39 is 17.8 Å². The van der Waals surface area contributed by atoms with Gasteiger partial charge in [-0.2, -0.15) is 0 Å². The molecule has 1 aliphatic heterocycles. The lowest BCUT2D eigenvalue weighted by Crippen LogP contribution is -2.57. The highest BCUT2D eigenvalue weighted by molar-refractivity contribution is 6.46. The summed E-state index contributed by atoms with van der Waals surface area (Å²) in [5.41, 5.74) is 1.60. The van der Waals surface area contributed by atoms with Gasteiger partial charge in [0.25, 0.3) is 11.8 Å². The number of ether oxygens (including phenoxy) is 2. The summed E-state index contributed by atoms with van der Waals surface area (Å²) in [5, 5.41) is 0.749. The number of urea groups is 1. The molecule has 0 aromatic heterocycles. The fourth-order valence-corrected chi connectivity index (χ4v) is 4.70. The summed E-state index contributed by atoms with van der Waals surface area (Å²) in [4.78, 5) is 42.6. The molecule has 4 amide bonds. The first-order valence-corrected chi connectivity index (χ1v) is 12.9. The topological polar surface area (TPSA) is 76.2 Å². The summed E-state index contributed by atoms with van der Waals surface area (Å²) in [5.74, 6) is -0.956. The van der Waals surface area contributed by atoms with Crippen molar-refractivity contribution in [3.05, 3.63) is 124 Å². The maximum absolute atomic E-state index is 13.6. The van der Waals surface area contributed by atoms with Crippen LogP contribution in [-0.2, 0) is 16.2 Å². The molecule has 0 aliphatic carbocycles. The van der Waals surface area contributed by atoms with Crippen LogP contribution in [0.25, 0.3) is 6.08 Å². The fraction of sp³-hybridized carbons (Fsp3) is 0.0645. The molecular formula is C31H22Cl2N2O5. The van der Waals surface area contributed by atoms with E-state index in [1.807, 2.05) is 18.2 Å². The van der Waals surface area contributed by atoms with Gasteiger partial charge >= 0.3 is 6.03 Å². The second kappa shape index (κ2) is 11.7. The van der Waals surface area contributed by atoms with E-state index in [4.69, 9.17) is 32.7 Å². The van der Waals surface area contributed by atoms with Crippen LogP contribution in [-0.4, -0.2) is 25.0 Å². The molecule has 0 unspecified atom stereocenters. The largest absolute Gasteiger partial charge is 0.493 e. The van der Waals surface area contributed by atoms with Crippen molar-refractivity contribution in [2.75, 3.05) is 16.9 Å². The lowest BCUT2D eigenvalue weighted by Gasteiger charge is -2.34. The molecule has 200 valence electrons. The number of nitrogens with zero attached hydrogens (tertiary/aromatic N) is 2. The van der Waals surface area contributed by atoms with E-state index in [2.05, 4.69) is 0 Å². The molecular weight excluding hydrogens is 551 g/mol. The Morgan fingerprint density at radius 3 is 1.82 bits per heavy atom. The molecule has 7 nitrogen and oxygen atoms in total. The minimum Gasteiger partial charge on any atom is -0.493 e. The van der Waals surface area contributed by atoms with Crippen molar-refractivity contribution in [3.8, 4) is 11.5 Å². The number of anilines is 2. The summed E-state index contributed by atoms with van der Waals surface area (Å²) in [6.07, 6.45) is 1.38. The van der Waals surface area contributed by atoms with Crippen LogP contribution in [0.3, 0.4) is 0 Å². The van der Waals surface area contributed by atoms with Gasteiger partial charge in [-0.05, 0) is 54.1 Å². The van der Waals surface area contributed by atoms with Crippen molar-refractivity contribution in [2.24, 2.45) is 0 Å². The van der Waals surface area contributed by atoms with E-state index in [1.165, 1.54) is 13.2 Å². The smallest absolute Gasteiger partial charge is 0.343 e. The third-order valence-electron chi connectivity index (χ3n) is 6.17. The van der Waals surface area contributed by atoms with Crippen molar-refractivity contribution in [2.45, 2.75) is 6.61 Å². The van der Waals surface area contributed by atoms with E-state index in [0.717, 1.165) is 15.4 Å². The number of amides is 4. The second-order valence-electron chi connectivity index (χ2n) is 8.71. The van der Waals surface area contributed by atoms with E-state index in [1.54, 1.807) is 78.9 Å². The molecule has 0 N–H and O–H groups in total. The quantitative estimate of drug-likeness (QED) is 0.173. The number of hydrogen-bond acceptors (Lipinski definition) is 5. The Morgan fingerprint density at radius 1 is 0.725 bits per heavy atom. The van der Waals surface area contributed by atoms with Gasteiger partial charge < -0.3 is 9.47 Å². The van der Waals surface area contributed by atoms with Gasteiger partial charge in [-0.15, -0.1) is 0 Å². The first-order valence-electron chi connectivity index (χ1n) is 12.2. The van der Waals surface area contributed by atoms with Gasteiger partial charge in [0, 0.05) is 10.6 Å². The van der Waals surface area contributed by atoms with Crippen LogP contribution < -0.4 is 19.3 Å². The predicted molar refractivity (Wildman–Crippen MR) is 155 cm³/mol. The first-order chi connectivity index (χ1) is 19.4. The average Bonchev–Trinajstić information content (AvgIpc) is 2.96. The van der Waals surface area contributed by atoms with Crippen LogP contribution in [0.15, 0.2) is 103 Å². The van der Waals surface area contributed by atoms with Crippen molar-refractivity contribution >= 4 is 58.5 Å². The normalized spacial score (nSPS) is 13.5. The Bertz CT molecular complexity index is 1560. The lowest BCUT2D eigenvalue weighted by atomic mass is 10.0. The SMILES string of the molecule is COc1cc(C=C2C(=O)N(c3ccccc3)C(=O)N(c3ccccc3)C2=O)cc(Cl)c1OCc1ccccc1Cl. The zero-order valence-corrected chi connectivity index (χ0v) is 22.7. The third kappa shape index (κ3) is 5.30. The van der Waals surface area contributed by atoms with Crippen LogP contribution in [0.5, 0.6) is 11.5 Å². The van der Waals surface area contributed by atoms with Crippen LogP contribution in [0, 0.1) is 0 Å². The number of para-hydroxylation sites is 2. The van der Waals surface area contributed by atoms with E-state index >= 15 is 0 Å². The van der Waals surface area contributed by atoms with E-state index in [0.29, 0.717) is 22.0 Å². The van der Waals surface area contributed by atoms with Gasteiger partial charge in [-0.1, -0.05) is 77.8 Å².